The van der Waals surface area contributed by atoms with Crippen molar-refractivity contribution >= 4 is 76.1 Å². The number of ether oxygens (including phenoxy) is 1. The van der Waals surface area contributed by atoms with E-state index in [1.807, 2.05) is 25.1 Å². The molecule has 1 saturated carbocycles. The van der Waals surface area contributed by atoms with Crippen LogP contribution in [-0.4, -0.2) is 100.0 Å². The van der Waals surface area contributed by atoms with Gasteiger partial charge in [0.25, 0.3) is 5.91 Å². The van der Waals surface area contributed by atoms with Crippen molar-refractivity contribution in [2.75, 3.05) is 59.8 Å². The summed E-state index contributed by atoms with van der Waals surface area (Å²) in [4.78, 5) is 61.8. The largest absolute Gasteiger partial charge is 0.492 e. The van der Waals surface area contributed by atoms with Crippen molar-refractivity contribution in [3.05, 3.63) is 71.5 Å². The zero-order chi connectivity index (χ0) is 43.0. The number of imide groups is 1. The number of nitriles is 1. The highest BCUT2D eigenvalue weighted by Crippen LogP contribution is 2.49. The average Bonchev–Trinajstić information content (AvgIpc) is 3.42. The van der Waals surface area contributed by atoms with Crippen LogP contribution in [0.2, 0.25) is 0 Å². The van der Waals surface area contributed by atoms with E-state index in [0.717, 1.165) is 35.7 Å². The van der Waals surface area contributed by atoms with Gasteiger partial charge in [-0.25, -0.2) is 4.98 Å². The Morgan fingerprint density at radius 3 is 2.49 bits per heavy atom. The second-order valence-corrected chi connectivity index (χ2v) is 16.5. The second kappa shape index (κ2) is 17.9. The molecule has 1 aliphatic carbocycles. The van der Waals surface area contributed by atoms with E-state index < -0.39 is 34.9 Å². The predicted octanol–water partition coefficient (Wildman–Crippen LogP) is 5.65. The van der Waals surface area contributed by atoms with Gasteiger partial charge in [-0.3, -0.25) is 39.2 Å². The number of benzene rings is 2. The minimum absolute atomic E-state index is 0. The summed E-state index contributed by atoms with van der Waals surface area (Å²) in [6, 6.07) is 14.4. The van der Waals surface area contributed by atoms with E-state index in [2.05, 4.69) is 44.6 Å². The van der Waals surface area contributed by atoms with Gasteiger partial charge in [0.05, 0.1) is 24.0 Å². The lowest BCUT2D eigenvalue weighted by Crippen LogP contribution is -2.61. The molecule has 2 aromatic carbocycles. The first-order valence-corrected chi connectivity index (χ1v) is 20.3. The molecule has 61 heavy (non-hydrogen) atoms. The zero-order valence-corrected chi connectivity index (χ0v) is 35.6. The molecule has 1 aromatic heterocycles. The summed E-state index contributed by atoms with van der Waals surface area (Å²) in [6.07, 6.45) is -0.800. The lowest BCUT2D eigenvalue weighted by molar-refractivity contribution is -0.138. The SMILES string of the molecule is CCc1cc(N2C(=S)N(c3cnc(C#N)c(C(F)(F)F)c3)C(=O)C23CCC3)ccc1OCCN1CCN(CC(=O)Nc2cccc(NC3CCC(=O)NC3=O)c2)C(C)(C)C1.Cl. The Labute approximate surface area is 363 Å². The van der Waals surface area contributed by atoms with Gasteiger partial charge in [0, 0.05) is 55.2 Å². The standard InChI is InChI=1S/C42H46F3N9O5S.ClH/c1-4-26-19-29(54-39(60)53(38(58)41(54)13-6-14-41)30-21-31(42(43,44)45)33(22-46)47-23-30)9-11-34(26)59-18-17-51-15-16-52(40(2,3)25-51)24-36(56)49-28-8-5-7-27(20-28)48-32-10-12-35(55)50-37(32)57;/h5,7-9,11,19-21,23,32,48H,4,6,10,12-18,24-25H2,1-3H3,(H,49,56)(H,50,55,57);1H. The first-order valence-electron chi connectivity index (χ1n) is 19.9. The van der Waals surface area contributed by atoms with Crippen LogP contribution in [0.5, 0.6) is 5.75 Å². The molecule has 4 fully saturated rings. The molecule has 14 nitrogen and oxygen atoms in total. The molecule has 3 aromatic rings. The number of carbonyl (C=O) groups excluding carboxylic acids is 4. The normalized spacial score (nSPS) is 20.1. The molecule has 0 radical (unpaired) electrons. The van der Waals surface area contributed by atoms with E-state index in [9.17, 15) is 37.6 Å². The van der Waals surface area contributed by atoms with E-state index in [4.69, 9.17) is 17.0 Å². The molecule has 324 valence electrons. The molecule has 4 amide bonds. The van der Waals surface area contributed by atoms with Crippen molar-refractivity contribution in [2.24, 2.45) is 0 Å². The Morgan fingerprint density at radius 2 is 1.84 bits per heavy atom. The molecule has 4 heterocycles. The summed E-state index contributed by atoms with van der Waals surface area (Å²) in [5.41, 5.74) is -0.740. The molecule has 3 saturated heterocycles. The van der Waals surface area contributed by atoms with Gasteiger partial charge in [0.15, 0.2) is 10.8 Å². The fraction of sp³-hybridized carbons (Fsp3) is 0.452. The number of carbonyl (C=O) groups is 4. The number of rotatable bonds is 12. The van der Waals surface area contributed by atoms with Gasteiger partial charge in [0.1, 0.15) is 30.0 Å². The number of hydrogen-bond donors (Lipinski definition) is 3. The second-order valence-electron chi connectivity index (χ2n) is 16.1. The Hall–Kier alpha value is -5.35. The van der Waals surface area contributed by atoms with Gasteiger partial charge in [0.2, 0.25) is 17.7 Å². The van der Waals surface area contributed by atoms with E-state index in [0.29, 0.717) is 74.7 Å². The van der Waals surface area contributed by atoms with Gasteiger partial charge in [-0.2, -0.15) is 18.4 Å². The van der Waals surface area contributed by atoms with Gasteiger partial charge in [-0.05, 0) is 106 Å². The third-order valence-corrected chi connectivity index (χ3v) is 12.1. The molecule has 1 atom stereocenters. The summed E-state index contributed by atoms with van der Waals surface area (Å²) < 4.78 is 47.8. The van der Waals surface area contributed by atoms with Gasteiger partial charge < -0.3 is 20.3 Å². The number of nitrogens with one attached hydrogen (secondary N) is 3. The summed E-state index contributed by atoms with van der Waals surface area (Å²) in [5.74, 6) is -0.565. The minimum atomic E-state index is -4.85. The van der Waals surface area contributed by atoms with E-state index in [1.165, 1.54) is 6.07 Å². The fourth-order valence-corrected chi connectivity index (χ4v) is 8.83. The monoisotopic (exact) mass is 881 g/mol. The summed E-state index contributed by atoms with van der Waals surface area (Å²) in [7, 11) is 0. The van der Waals surface area contributed by atoms with Crippen molar-refractivity contribution in [1.29, 1.82) is 5.26 Å². The van der Waals surface area contributed by atoms with Crippen LogP contribution in [0.3, 0.4) is 0 Å². The molecule has 4 aliphatic rings. The number of aromatic nitrogens is 1. The maximum atomic E-state index is 14.0. The quantitative estimate of drug-likeness (QED) is 0.152. The lowest BCUT2D eigenvalue weighted by Gasteiger charge is -2.46. The van der Waals surface area contributed by atoms with Crippen LogP contribution in [-0.2, 0) is 31.8 Å². The zero-order valence-electron chi connectivity index (χ0n) is 33.9. The molecule has 1 spiro atoms. The Balaban J connectivity index is 0.00000622. The number of pyridine rings is 1. The molecule has 0 bridgehead atoms. The Morgan fingerprint density at radius 1 is 1.08 bits per heavy atom. The highest BCUT2D eigenvalue weighted by atomic mass is 35.5. The number of halogens is 4. The maximum Gasteiger partial charge on any atom is 0.419 e. The Kier molecular flexibility index (Phi) is 13.3. The molecule has 19 heteroatoms. The number of piperazine rings is 1. The van der Waals surface area contributed by atoms with Gasteiger partial charge in [-0.1, -0.05) is 13.0 Å². The van der Waals surface area contributed by atoms with Crippen LogP contribution in [0.15, 0.2) is 54.7 Å². The van der Waals surface area contributed by atoms with Crippen molar-refractivity contribution in [2.45, 2.75) is 82.6 Å². The third-order valence-electron chi connectivity index (χ3n) is 11.7. The number of aryl methyl sites for hydroxylation is 1. The average molecular weight is 882 g/mol. The first kappa shape index (κ1) is 45.2. The number of piperidine rings is 1. The highest BCUT2D eigenvalue weighted by Gasteiger charge is 2.60. The number of thiocarbonyl (C=S) groups is 1. The van der Waals surface area contributed by atoms with Crippen molar-refractivity contribution in [1.82, 2.24) is 20.1 Å². The van der Waals surface area contributed by atoms with Gasteiger partial charge >= 0.3 is 6.18 Å². The number of amides is 4. The van der Waals surface area contributed by atoms with Crippen LogP contribution >= 0.6 is 24.6 Å². The Bertz CT molecular complexity index is 2270. The molecule has 3 N–H and O–H groups in total. The first-order chi connectivity index (χ1) is 28.5. The minimum Gasteiger partial charge on any atom is -0.492 e. The van der Waals surface area contributed by atoms with Crippen LogP contribution in [0, 0.1) is 11.3 Å². The number of nitrogens with zero attached hydrogens (tertiary/aromatic N) is 6. The van der Waals surface area contributed by atoms with Crippen LogP contribution < -0.4 is 30.5 Å². The fourth-order valence-electron chi connectivity index (χ4n) is 8.36. The van der Waals surface area contributed by atoms with Crippen molar-refractivity contribution in [3.63, 3.8) is 0 Å². The highest BCUT2D eigenvalue weighted by molar-refractivity contribution is 7.81. The van der Waals surface area contributed by atoms with Crippen LogP contribution in [0.4, 0.5) is 35.9 Å². The molecule has 1 unspecified atom stereocenters. The topological polar surface area (TPSA) is 163 Å². The smallest absolute Gasteiger partial charge is 0.419 e. The summed E-state index contributed by atoms with van der Waals surface area (Å²) in [5, 5.41) is 17.7. The maximum absolute atomic E-state index is 14.0. The lowest BCUT2D eigenvalue weighted by atomic mass is 9.75. The molecular formula is C42H47ClF3N9O5S. The molecular weight excluding hydrogens is 835 g/mol. The summed E-state index contributed by atoms with van der Waals surface area (Å²) in [6.45, 7) is 9.51. The van der Waals surface area contributed by atoms with E-state index in [-0.39, 0.29) is 59.4 Å². The van der Waals surface area contributed by atoms with Gasteiger partial charge in [-0.15, -0.1) is 12.4 Å². The van der Waals surface area contributed by atoms with Crippen LogP contribution in [0.1, 0.15) is 69.7 Å². The summed E-state index contributed by atoms with van der Waals surface area (Å²) >= 11 is 5.79. The van der Waals surface area contributed by atoms with Crippen LogP contribution in [0.25, 0.3) is 0 Å². The number of anilines is 4. The predicted molar refractivity (Wildman–Crippen MR) is 229 cm³/mol. The number of hydrogen-bond acceptors (Lipinski definition) is 11. The van der Waals surface area contributed by atoms with Crippen molar-refractivity contribution in [3.8, 4) is 11.8 Å². The molecule has 7 rings (SSSR count). The van der Waals surface area contributed by atoms with E-state index in [1.54, 1.807) is 29.2 Å². The molecule has 3 aliphatic heterocycles. The van der Waals surface area contributed by atoms with Crippen molar-refractivity contribution < 1.29 is 37.1 Å². The number of alkyl halides is 3. The third kappa shape index (κ3) is 9.30. The van der Waals surface area contributed by atoms with E-state index >= 15 is 0 Å².